The molecule has 0 atom stereocenters. The molecule has 0 bridgehead atoms. The molecule has 1 aliphatic rings. The van der Waals surface area contributed by atoms with Crippen molar-refractivity contribution in [2.75, 3.05) is 13.1 Å². The summed E-state index contributed by atoms with van der Waals surface area (Å²) in [4.78, 5) is 31.0. The lowest BCUT2D eigenvalue weighted by atomic mass is 9.96. The molecule has 6 heteroatoms. The molecule has 1 fully saturated rings. The number of aryl methyl sites for hydroxylation is 1. The third kappa shape index (κ3) is 8.28. The van der Waals surface area contributed by atoms with Crippen LogP contribution in [0.2, 0.25) is 0 Å². The zero-order valence-corrected chi connectivity index (χ0v) is 25.6. The predicted molar refractivity (Wildman–Crippen MR) is 166 cm³/mol. The molecule has 1 aliphatic heterocycles. The van der Waals surface area contributed by atoms with Crippen LogP contribution in [0.3, 0.4) is 0 Å². The van der Waals surface area contributed by atoms with Crippen LogP contribution in [0.5, 0.6) is 0 Å². The lowest BCUT2D eigenvalue weighted by Gasteiger charge is -2.40. The van der Waals surface area contributed by atoms with Gasteiger partial charge in [-0.05, 0) is 73.6 Å². The van der Waals surface area contributed by atoms with Gasteiger partial charge in [0.15, 0.2) is 0 Å². The third-order valence-corrected chi connectivity index (χ3v) is 8.57. The highest BCUT2D eigenvalue weighted by Crippen LogP contribution is 2.25. The second-order valence-corrected chi connectivity index (χ2v) is 11.9. The Balaban J connectivity index is 1.38. The van der Waals surface area contributed by atoms with Crippen LogP contribution in [-0.2, 0) is 24.4 Å². The first kappa shape index (κ1) is 30.0. The van der Waals surface area contributed by atoms with E-state index in [-0.39, 0.29) is 23.8 Å². The van der Waals surface area contributed by atoms with Crippen LogP contribution in [0.15, 0.2) is 77.3 Å². The van der Waals surface area contributed by atoms with Gasteiger partial charge in [-0.1, -0.05) is 83.9 Å². The Hall–Kier alpha value is -2.96. The van der Waals surface area contributed by atoms with E-state index in [0.29, 0.717) is 18.7 Å². The van der Waals surface area contributed by atoms with Crippen molar-refractivity contribution in [1.29, 1.82) is 0 Å². The van der Waals surface area contributed by atoms with E-state index in [1.807, 2.05) is 36.4 Å². The molecule has 0 spiro atoms. The van der Waals surface area contributed by atoms with Crippen molar-refractivity contribution in [3.05, 3.63) is 105 Å². The molecule has 0 radical (unpaired) electrons. The Bertz CT molecular complexity index is 1250. The molecule has 0 aliphatic carbocycles. The largest absolute Gasteiger partial charge is 0.348 e. The van der Waals surface area contributed by atoms with E-state index in [1.54, 1.807) is 0 Å². The molecule has 40 heavy (non-hydrogen) atoms. The van der Waals surface area contributed by atoms with Crippen molar-refractivity contribution in [3.63, 3.8) is 0 Å². The van der Waals surface area contributed by atoms with Gasteiger partial charge >= 0.3 is 0 Å². The van der Waals surface area contributed by atoms with E-state index in [4.69, 9.17) is 0 Å². The monoisotopic (exact) mass is 603 g/mol. The van der Waals surface area contributed by atoms with Gasteiger partial charge in [0.1, 0.15) is 0 Å². The van der Waals surface area contributed by atoms with Gasteiger partial charge in [-0.2, -0.15) is 0 Å². The number of halogens is 1. The predicted octanol–water partition coefficient (Wildman–Crippen LogP) is 7.12. The summed E-state index contributed by atoms with van der Waals surface area (Å²) in [5, 5.41) is 3.02. The third-order valence-electron chi connectivity index (χ3n) is 8.04. The van der Waals surface area contributed by atoms with Crippen LogP contribution >= 0.6 is 15.9 Å². The van der Waals surface area contributed by atoms with Crippen LogP contribution in [0, 0.1) is 12.8 Å². The van der Waals surface area contributed by atoms with Gasteiger partial charge in [-0.15, -0.1) is 0 Å². The van der Waals surface area contributed by atoms with Crippen molar-refractivity contribution >= 4 is 27.7 Å². The normalized spacial score (nSPS) is 14.3. The number of hydrogen-bond donors (Lipinski definition) is 1. The molecule has 4 rings (SSSR count). The smallest absolute Gasteiger partial charge is 0.251 e. The van der Waals surface area contributed by atoms with Crippen LogP contribution in [-0.4, -0.2) is 40.7 Å². The maximum absolute atomic E-state index is 13.7. The highest BCUT2D eigenvalue weighted by atomic mass is 79.9. The lowest BCUT2D eigenvalue weighted by Crippen LogP contribution is -2.48. The Morgan fingerprint density at radius 3 is 2.20 bits per heavy atom. The zero-order chi connectivity index (χ0) is 28.5. The fourth-order valence-corrected chi connectivity index (χ4v) is 5.83. The highest BCUT2D eigenvalue weighted by Gasteiger charge is 2.31. The SMILES string of the molecule is CCC(CC)C(=O)N(Cc1ccc(C(=O)NCc2cccc(C)c2)cc1)C1CCN(Cc2ccc(Br)cc2)CC1. The van der Waals surface area contributed by atoms with E-state index in [0.717, 1.165) is 60.9 Å². The minimum Gasteiger partial charge on any atom is -0.348 e. The van der Waals surface area contributed by atoms with Crippen LogP contribution in [0.25, 0.3) is 0 Å². The molecule has 0 saturated carbocycles. The van der Waals surface area contributed by atoms with Gasteiger partial charge in [0.05, 0.1) is 0 Å². The van der Waals surface area contributed by atoms with Crippen LogP contribution < -0.4 is 5.32 Å². The molecule has 1 saturated heterocycles. The Kier molecular flexibility index (Phi) is 11.0. The fourth-order valence-electron chi connectivity index (χ4n) is 5.56. The first-order valence-electron chi connectivity index (χ1n) is 14.6. The molecular weight excluding hydrogens is 562 g/mol. The number of piperidine rings is 1. The van der Waals surface area contributed by atoms with Crippen LogP contribution in [0.1, 0.15) is 72.1 Å². The number of carbonyl (C=O) groups excluding carboxylic acids is 2. The first-order chi connectivity index (χ1) is 19.4. The van der Waals surface area contributed by atoms with Gasteiger partial charge in [0, 0.05) is 54.7 Å². The van der Waals surface area contributed by atoms with E-state index in [2.05, 4.69) is 88.2 Å². The summed E-state index contributed by atoms with van der Waals surface area (Å²) in [6, 6.07) is 24.7. The maximum Gasteiger partial charge on any atom is 0.251 e. The molecular formula is C34H42BrN3O2. The topological polar surface area (TPSA) is 52.7 Å². The van der Waals surface area contributed by atoms with E-state index >= 15 is 0 Å². The average Bonchev–Trinajstić information content (AvgIpc) is 2.97. The molecule has 3 aromatic rings. The lowest BCUT2D eigenvalue weighted by molar-refractivity contribution is -0.140. The number of likely N-dealkylation sites (tertiary alicyclic amines) is 1. The number of nitrogens with zero attached hydrogens (tertiary/aromatic N) is 2. The maximum atomic E-state index is 13.7. The van der Waals surface area contributed by atoms with Crippen molar-refractivity contribution in [1.82, 2.24) is 15.1 Å². The van der Waals surface area contributed by atoms with Crippen molar-refractivity contribution in [2.24, 2.45) is 5.92 Å². The number of amides is 2. The van der Waals surface area contributed by atoms with Crippen molar-refractivity contribution in [3.8, 4) is 0 Å². The minimum absolute atomic E-state index is 0.0486. The summed E-state index contributed by atoms with van der Waals surface area (Å²) in [5.41, 5.74) is 5.28. The molecule has 0 aromatic heterocycles. The molecule has 1 heterocycles. The Morgan fingerprint density at radius 2 is 1.57 bits per heavy atom. The highest BCUT2D eigenvalue weighted by molar-refractivity contribution is 9.10. The van der Waals surface area contributed by atoms with Gasteiger partial charge in [0.2, 0.25) is 5.91 Å². The molecule has 212 valence electrons. The molecule has 1 N–H and O–H groups in total. The Labute approximate surface area is 248 Å². The minimum atomic E-state index is -0.0869. The second kappa shape index (κ2) is 14.6. The summed E-state index contributed by atoms with van der Waals surface area (Å²) < 4.78 is 1.10. The van der Waals surface area contributed by atoms with Gasteiger partial charge in [-0.3, -0.25) is 14.5 Å². The summed E-state index contributed by atoms with van der Waals surface area (Å²) in [6.45, 7) is 10.2. The van der Waals surface area contributed by atoms with Gasteiger partial charge < -0.3 is 10.2 Å². The molecule has 0 unspecified atom stereocenters. The van der Waals surface area contributed by atoms with Crippen LogP contribution in [0.4, 0.5) is 0 Å². The van der Waals surface area contributed by atoms with Gasteiger partial charge in [0.25, 0.3) is 5.91 Å². The first-order valence-corrected chi connectivity index (χ1v) is 15.4. The average molecular weight is 605 g/mol. The zero-order valence-electron chi connectivity index (χ0n) is 24.0. The summed E-state index contributed by atoms with van der Waals surface area (Å²) in [5.74, 6) is 0.222. The number of nitrogens with one attached hydrogen (secondary N) is 1. The molecule has 2 amide bonds. The quantitative estimate of drug-likeness (QED) is 0.254. The fraction of sp³-hybridized carbons (Fsp3) is 0.412. The van der Waals surface area contributed by atoms with Crippen molar-refractivity contribution < 1.29 is 9.59 Å². The molecule has 3 aromatic carbocycles. The Morgan fingerprint density at radius 1 is 0.925 bits per heavy atom. The van der Waals surface area contributed by atoms with E-state index in [1.165, 1.54) is 11.1 Å². The number of benzene rings is 3. The number of hydrogen-bond acceptors (Lipinski definition) is 3. The summed E-state index contributed by atoms with van der Waals surface area (Å²) >= 11 is 3.52. The number of carbonyl (C=O) groups is 2. The van der Waals surface area contributed by atoms with E-state index < -0.39 is 0 Å². The second-order valence-electron chi connectivity index (χ2n) is 11.0. The molecule has 5 nitrogen and oxygen atoms in total. The van der Waals surface area contributed by atoms with Gasteiger partial charge in [-0.25, -0.2) is 0 Å². The number of rotatable bonds is 11. The summed E-state index contributed by atoms with van der Waals surface area (Å²) in [6.07, 6.45) is 3.66. The standard InChI is InChI=1S/C34H42BrN3O2/c1-4-29(5-2)34(40)38(32-17-19-37(20-18-32)23-26-11-15-31(35)16-12-26)24-27-9-13-30(14-10-27)33(39)36-22-28-8-6-7-25(3)21-28/h6-16,21,29,32H,4-5,17-20,22-24H2,1-3H3,(H,36,39). The summed E-state index contributed by atoms with van der Waals surface area (Å²) in [7, 11) is 0. The van der Waals surface area contributed by atoms with E-state index in [9.17, 15) is 9.59 Å². The van der Waals surface area contributed by atoms with Crippen molar-refractivity contribution in [2.45, 2.75) is 72.1 Å².